The van der Waals surface area contributed by atoms with Gasteiger partial charge in [0.15, 0.2) is 0 Å². The van der Waals surface area contributed by atoms with Gasteiger partial charge in [0.2, 0.25) is 0 Å². The van der Waals surface area contributed by atoms with Crippen LogP contribution in [0.15, 0.2) is 0 Å². The lowest BCUT2D eigenvalue weighted by atomic mass is 9.70. The van der Waals surface area contributed by atoms with Crippen LogP contribution in [-0.2, 0) is 0 Å². The highest BCUT2D eigenvalue weighted by molar-refractivity contribution is 5.03. The van der Waals surface area contributed by atoms with Gasteiger partial charge in [-0.15, -0.1) is 0 Å². The number of likely N-dealkylation sites (tertiary alicyclic amines) is 1. The van der Waals surface area contributed by atoms with Crippen LogP contribution in [0, 0.1) is 23.7 Å². The summed E-state index contributed by atoms with van der Waals surface area (Å²) >= 11 is 0. The minimum atomic E-state index is 0.948. The van der Waals surface area contributed by atoms with Crippen molar-refractivity contribution in [2.75, 3.05) is 6.54 Å². The summed E-state index contributed by atoms with van der Waals surface area (Å²) in [6.45, 7) is 8.61. The monoisotopic (exact) mass is 235 g/mol. The summed E-state index contributed by atoms with van der Waals surface area (Å²) in [7, 11) is 0. The molecule has 1 aliphatic heterocycles. The van der Waals surface area contributed by atoms with E-state index in [4.69, 9.17) is 0 Å². The van der Waals surface area contributed by atoms with Crippen LogP contribution in [0.1, 0.15) is 59.3 Å². The van der Waals surface area contributed by atoms with E-state index >= 15 is 0 Å². The van der Waals surface area contributed by atoms with Crippen LogP contribution in [0.5, 0.6) is 0 Å². The lowest BCUT2D eigenvalue weighted by Crippen LogP contribution is -2.41. The van der Waals surface area contributed by atoms with E-state index in [1.807, 2.05) is 0 Å². The van der Waals surface area contributed by atoms with Gasteiger partial charge in [0, 0.05) is 12.1 Å². The Balaban J connectivity index is 1.82. The van der Waals surface area contributed by atoms with Gasteiger partial charge < -0.3 is 0 Å². The second-order valence-electron chi connectivity index (χ2n) is 7.13. The summed E-state index contributed by atoms with van der Waals surface area (Å²) in [5.74, 6) is 4.07. The van der Waals surface area contributed by atoms with Gasteiger partial charge in [-0.25, -0.2) is 0 Å². The Morgan fingerprint density at radius 3 is 1.71 bits per heavy atom. The van der Waals surface area contributed by atoms with Crippen molar-refractivity contribution in [2.45, 2.75) is 71.4 Å². The van der Waals surface area contributed by atoms with Crippen molar-refractivity contribution >= 4 is 0 Å². The quantitative estimate of drug-likeness (QED) is 0.665. The Kier molecular flexibility index (Phi) is 3.23. The van der Waals surface area contributed by atoms with E-state index in [0.717, 1.165) is 35.8 Å². The smallest absolute Gasteiger partial charge is 0.0132 e. The average Bonchev–Trinajstić information content (AvgIpc) is 2.60. The Morgan fingerprint density at radius 1 is 0.824 bits per heavy atom. The minimum absolute atomic E-state index is 0.948. The number of nitrogens with zero attached hydrogens (tertiary/aromatic N) is 1. The van der Waals surface area contributed by atoms with Crippen LogP contribution in [0.4, 0.5) is 0 Å². The highest BCUT2D eigenvalue weighted by Gasteiger charge is 2.50. The van der Waals surface area contributed by atoms with Gasteiger partial charge in [0.1, 0.15) is 0 Å². The number of rotatable bonds is 1. The molecule has 0 radical (unpaired) electrons. The average molecular weight is 235 g/mol. The maximum Gasteiger partial charge on any atom is 0.0132 e. The molecule has 1 heterocycles. The van der Waals surface area contributed by atoms with Crippen molar-refractivity contribution in [2.24, 2.45) is 23.7 Å². The van der Waals surface area contributed by atoms with Crippen LogP contribution in [0.3, 0.4) is 0 Å². The Hall–Kier alpha value is -0.0400. The zero-order chi connectivity index (χ0) is 12.0. The van der Waals surface area contributed by atoms with Crippen molar-refractivity contribution < 1.29 is 0 Å². The van der Waals surface area contributed by atoms with Crippen LogP contribution in [0.25, 0.3) is 0 Å². The molecule has 3 fully saturated rings. The summed E-state index contributed by atoms with van der Waals surface area (Å²) in [5, 5.41) is 0. The second kappa shape index (κ2) is 4.57. The second-order valence-corrected chi connectivity index (χ2v) is 7.13. The number of fused-ring (bicyclic) bond motifs is 3. The predicted octanol–water partition coefficient (Wildman–Crippen LogP) is 3.93. The maximum absolute atomic E-state index is 2.90. The molecule has 3 rings (SSSR count). The zero-order valence-corrected chi connectivity index (χ0v) is 11.9. The van der Waals surface area contributed by atoms with Crippen molar-refractivity contribution in [1.82, 2.24) is 4.90 Å². The third-order valence-corrected chi connectivity index (χ3v) is 6.03. The molecular weight excluding hydrogens is 206 g/mol. The largest absolute Gasteiger partial charge is 0.297 e. The maximum atomic E-state index is 2.90. The van der Waals surface area contributed by atoms with Crippen LogP contribution in [-0.4, -0.2) is 23.5 Å². The topological polar surface area (TPSA) is 3.24 Å². The van der Waals surface area contributed by atoms with Crippen molar-refractivity contribution in [3.05, 3.63) is 0 Å². The molecule has 3 aliphatic rings. The standard InChI is InChI=1S/C16H29N/c1-4-17-15-9-11(2)5-7-13(15)14-8-6-12(3)10-16(14)17/h11-16H,4-10H2,1-3H3. The van der Waals surface area contributed by atoms with Crippen molar-refractivity contribution in [1.29, 1.82) is 0 Å². The first-order chi connectivity index (χ1) is 8.20. The van der Waals surface area contributed by atoms with E-state index < -0.39 is 0 Å². The zero-order valence-electron chi connectivity index (χ0n) is 11.9. The van der Waals surface area contributed by atoms with E-state index in [2.05, 4.69) is 25.7 Å². The van der Waals surface area contributed by atoms with Gasteiger partial charge in [-0.2, -0.15) is 0 Å². The Bertz CT molecular complexity index is 249. The fourth-order valence-corrected chi connectivity index (χ4v) is 5.22. The molecule has 0 aromatic heterocycles. The van der Waals surface area contributed by atoms with Gasteiger partial charge in [0.25, 0.3) is 0 Å². The summed E-state index contributed by atoms with van der Waals surface area (Å²) < 4.78 is 0. The van der Waals surface area contributed by atoms with Gasteiger partial charge in [-0.05, 0) is 55.9 Å². The molecule has 0 amide bonds. The van der Waals surface area contributed by atoms with Crippen molar-refractivity contribution in [3.63, 3.8) is 0 Å². The molecule has 0 aromatic rings. The first-order valence-corrected chi connectivity index (χ1v) is 7.96. The molecule has 2 saturated carbocycles. The molecule has 98 valence electrons. The molecule has 0 aromatic carbocycles. The third kappa shape index (κ3) is 1.95. The summed E-state index contributed by atoms with van der Waals surface area (Å²) in [6, 6.07) is 1.90. The highest BCUT2D eigenvalue weighted by atomic mass is 15.2. The van der Waals surface area contributed by atoms with Gasteiger partial charge in [0.05, 0.1) is 0 Å². The third-order valence-electron chi connectivity index (χ3n) is 6.03. The van der Waals surface area contributed by atoms with Crippen LogP contribution >= 0.6 is 0 Å². The fourth-order valence-electron chi connectivity index (χ4n) is 5.22. The molecule has 6 unspecified atom stereocenters. The summed E-state index contributed by atoms with van der Waals surface area (Å²) in [5.41, 5.74) is 0. The molecule has 0 spiro atoms. The van der Waals surface area contributed by atoms with E-state index in [1.54, 1.807) is 0 Å². The number of hydrogen-bond acceptors (Lipinski definition) is 1. The highest BCUT2D eigenvalue weighted by Crippen LogP contribution is 2.50. The Morgan fingerprint density at radius 2 is 1.29 bits per heavy atom. The molecule has 1 nitrogen and oxygen atoms in total. The van der Waals surface area contributed by atoms with E-state index in [1.165, 1.54) is 45.1 Å². The van der Waals surface area contributed by atoms with Crippen molar-refractivity contribution in [3.8, 4) is 0 Å². The summed E-state index contributed by atoms with van der Waals surface area (Å²) in [4.78, 5) is 2.90. The van der Waals surface area contributed by atoms with Crippen LogP contribution < -0.4 is 0 Å². The number of hydrogen-bond donors (Lipinski definition) is 0. The minimum Gasteiger partial charge on any atom is -0.297 e. The molecule has 1 saturated heterocycles. The molecule has 17 heavy (non-hydrogen) atoms. The SMILES string of the molecule is CCN1C2CC(C)CCC2C2CCC(C)CC21. The van der Waals surface area contributed by atoms with E-state index in [-0.39, 0.29) is 0 Å². The molecule has 6 atom stereocenters. The molecule has 2 aliphatic carbocycles. The summed E-state index contributed by atoms with van der Waals surface area (Å²) in [6.07, 6.45) is 9.02. The van der Waals surface area contributed by atoms with E-state index in [9.17, 15) is 0 Å². The fraction of sp³-hybridized carbons (Fsp3) is 1.00. The predicted molar refractivity (Wildman–Crippen MR) is 73.0 cm³/mol. The van der Waals surface area contributed by atoms with E-state index in [0.29, 0.717) is 0 Å². The molecular formula is C16H29N. The van der Waals surface area contributed by atoms with Crippen LogP contribution in [0.2, 0.25) is 0 Å². The lowest BCUT2D eigenvalue weighted by Gasteiger charge is -2.36. The first-order valence-electron chi connectivity index (χ1n) is 7.96. The van der Waals surface area contributed by atoms with Gasteiger partial charge >= 0.3 is 0 Å². The molecule has 0 N–H and O–H groups in total. The molecule has 0 bridgehead atoms. The van der Waals surface area contributed by atoms with Gasteiger partial charge in [-0.3, -0.25) is 4.90 Å². The normalized spacial score (nSPS) is 51.0. The Labute approximate surface area is 107 Å². The lowest BCUT2D eigenvalue weighted by molar-refractivity contribution is 0.120. The first kappa shape index (κ1) is 12.0. The van der Waals surface area contributed by atoms with Gasteiger partial charge in [-0.1, -0.05) is 33.6 Å². The molecule has 1 heteroatoms.